The molecule has 0 radical (unpaired) electrons. The van der Waals surface area contributed by atoms with E-state index in [-0.39, 0.29) is 0 Å². The van der Waals surface area contributed by atoms with Gasteiger partial charge in [0.2, 0.25) is 0 Å². The van der Waals surface area contributed by atoms with Crippen LogP contribution in [0.5, 0.6) is 0 Å². The van der Waals surface area contributed by atoms with Gasteiger partial charge in [-0.3, -0.25) is 0 Å². The molecule has 0 saturated heterocycles. The van der Waals surface area contributed by atoms with Crippen LogP contribution in [0, 0.1) is 0 Å². The molecule has 0 aliphatic heterocycles. The van der Waals surface area contributed by atoms with E-state index >= 15 is 0 Å². The van der Waals surface area contributed by atoms with Crippen LogP contribution in [-0.4, -0.2) is 17.8 Å². The summed E-state index contributed by atoms with van der Waals surface area (Å²) >= 11 is 1.67. The molecule has 0 aliphatic carbocycles. The van der Waals surface area contributed by atoms with Crippen molar-refractivity contribution in [3.8, 4) is 0 Å². The summed E-state index contributed by atoms with van der Waals surface area (Å²) in [5.41, 5.74) is 6.85. The Balaban J connectivity index is 2.96. The Labute approximate surface area is 77.6 Å². The monoisotopic (exact) mass is 182 g/mol. The zero-order valence-electron chi connectivity index (χ0n) is 7.45. The van der Waals surface area contributed by atoms with Gasteiger partial charge in [-0.15, -0.1) is 11.8 Å². The molecule has 1 rings (SSSR count). The Morgan fingerprint density at radius 3 is 3.00 bits per heavy atom. The number of hydrogen-bond donors (Lipinski definition) is 1. The summed E-state index contributed by atoms with van der Waals surface area (Å²) in [6, 6.07) is 4.05. The van der Waals surface area contributed by atoms with Crippen molar-refractivity contribution in [1.82, 2.24) is 4.98 Å². The highest BCUT2D eigenvalue weighted by atomic mass is 32.2. The summed E-state index contributed by atoms with van der Waals surface area (Å²) in [5.74, 6) is 0.404. The fourth-order valence-electron chi connectivity index (χ4n) is 1.08. The van der Waals surface area contributed by atoms with Crippen molar-refractivity contribution in [2.75, 3.05) is 12.8 Å². The maximum atomic E-state index is 5.59. The van der Waals surface area contributed by atoms with E-state index in [1.54, 1.807) is 11.8 Å². The summed E-state index contributed by atoms with van der Waals surface area (Å²) in [6.07, 6.45) is 3.85. The van der Waals surface area contributed by atoms with Gasteiger partial charge in [0, 0.05) is 6.20 Å². The fraction of sp³-hybridized carbons (Fsp3) is 0.444. The van der Waals surface area contributed by atoms with Gasteiger partial charge in [0.15, 0.2) is 0 Å². The quantitative estimate of drug-likeness (QED) is 0.725. The molecule has 0 aliphatic rings. The van der Waals surface area contributed by atoms with Gasteiger partial charge in [-0.05, 0) is 30.3 Å². The molecular weight excluding hydrogens is 168 g/mol. The van der Waals surface area contributed by atoms with Crippen LogP contribution in [0.2, 0.25) is 0 Å². The minimum atomic E-state index is 0.404. The molecule has 3 heteroatoms. The summed E-state index contributed by atoms with van der Waals surface area (Å²) in [6.45, 7) is 2.80. The second-order valence-corrected chi connectivity index (χ2v) is 3.53. The van der Waals surface area contributed by atoms with E-state index < -0.39 is 0 Å². The topological polar surface area (TPSA) is 38.9 Å². The number of hydrogen-bond acceptors (Lipinski definition) is 3. The van der Waals surface area contributed by atoms with Crippen LogP contribution >= 0.6 is 11.8 Å². The van der Waals surface area contributed by atoms with Crippen molar-refractivity contribution in [2.45, 2.75) is 17.9 Å². The lowest BCUT2D eigenvalue weighted by molar-refractivity contribution is 0.745. The molecule has 12 heavy (non-hydrogen) atoms. The summed E-state index contributed by atoms with van der Waals surface area (Å²) < 4.78 is 0. The van der Waals surface area contributed by atoms with Crippen LogP contribution in [0.3, 0.4) is 0 Å². The summed E-state index contributed by atoms with van der Waals surface area (Å²) in [7, 11) is 0. The van der Waals surface area contributed by atoms with Crippen molar-refractivity contribution < 1.29 is 0 Å². The maximum absolute atomic E-state index is 5.59. The number of rotatable bonds is 3. The van der Waals surface area contributed by atoms with Crippen LogP contribution in [0.15, 0.2) is 23.4 Å². The van der Waals surface area contributed by atoms with Gasteiger partial charge in [-0.2, -0.15) is 0 Å². The van der Waals surface area contributed by atoms with Crippen LogP contribution in [-0.2, 0) is 0 Å². The lowest BCUT2D eigenvalue weighted by Gasteiger charge is -2.11. The maximum Gasteiger partial charge on any atom is 0.0992 e. The summed E-state index contributed by atoms with van der Waals surface area (Å²) in [5, 5.41) is 1.09. The van der Waals surface area contributed by atoms with Gasteiger partial charge in [0.1, 0.15) is 0 Å². The smallest absolute Gasteiger partial charge is 0.0992 e. The Bertz CT molecular complexity index is 250. The second-order valence-electron chi connectivity index (χ2n) is 2.74. The van der Waals surface area contributed by atoms with Crippen molar-refractivity contribution >= 4 is 11.8 Å². The molecule has 2 nitrogen and oxygen atoms in total. The molecule has 1 aromatic rings. The molecule has 0 spiro atoms. The number of pyridine rings is 1. The zero-order valence-corrected chi connectivity index (χ0v) is 8.27. The van der Waals surface area contributed by atoms with Gasteiger partial charge in [0.05, 0.1) is 5.03 Å². The molecule has 1 atom stereocenters. The predicted molar refractivity (Wildman–Crippen MR) is 53.5 cm³/mol. The van der Waals surface area contributed by atoms with E-state index in [1.807, 2.05) is 18.5 Å². The van der Waals surface area contributed by atoms with Crippen LogP contribution in [0.4, 0.5) is 0 Å². The first-order valence-electron chi connectivity index (χ1n) is 3.98. The van der Waals surface area contributed by atoms with Crippen molar-refractivity contribution in [2.24, 2.45) is 5.73 Å². The van der Waals surface area contributed by atoms with Crippen molar-refractivity contribution in [1.29, 1.82) is 0 Å². The molecule has 2 N–H and O–H groups in total. The van der Waals surface area contributed by atoms with E-state index in [4.69, 9.17) is 5.73 Å². The Morgan fingerprint density at radius 1 is 1.67 bits per heavy atom. The minimum Gasteiger partial charge on any atom is -0.330 e. The Kier molecular flexibility index (Phi) is 3.56. The highest BCUT2D eigenvalue weighted by molar-refractivity contribution is 7.98. The van der Waals surface area contributed by atoms with Crippen LogP contribution < -0.4 is 5.73 Å². The first-order chi connectivity index (χ1) is 5.79. The average Bonchev–Trinajstić information content (AvgIpc) is 2.16. The predicted octanol–water partition coefficient (Wildman–Crippen LogP) is 1.87. The molecule has 1 unspecified atom stereocenters. The molecule has 0 bridgehead atoms. The molecule has 0 amide bonds. The third kappa shape index (κ3) is 1.99. The number of nitrogens with two attached hydrogens (primary N) is 1. The fourth-order valence-corrected chi connectivity index (χ4v) is 1.75. The van der Waals surface area contributed by atoms with Gasteiger partial charge >= 0.3 is 0 Å². The second kappa shape index (κ2) is 4.48. The van der Waals surface area contributed by atoms with E-state index in [0.29, 0.717) is 12.5 Å². The Hall–Kier alpha value is -0.540. The summed E-state index contributed by atoms with van der Waals surface area (Å²) in [4.78, 5) is 4.27. The number of aromatic nitrogens is 1. The third-order valence-electron chi connectivity index (χ3n) is 1.88. The largest absolute Gasteiger partial charge is 0.330 e. The molecule has 0 aromatic carbocycles. The highest BCUT2D eigenvalue weighted by Crippen LogP contribution is 2.23. The molecular formula is C9H14N2S. The van der Waals surface area contributed by atoms with Gasteiger partial charge in [-0.25, -0.2) is 4.98 Å². The standard InChI is InChI=1S/C9H14N2S/c1-7(6-10)8-4-3-5-11-9(8)12-2/h3-5,7H,6,10H2,1-2H3. The number of nitrogens with zero attached hydrogens (tertiary/aromatic N) is 1. The van der Waals surface area contributed by atoms with Crippen LogP contribution in [0.25, 0.3) is 0 Å². The molecule has 1 aromatic heterocycles. The van der Waals surface area contributed by atoms with Crippen LogP contribution in [0.1, 0.15) is 18.4 Å². The van der Waals surface area contributed by atoms with Crippen molar-refractivity contribution in [3.63, 3.8) is 0 Å². The normalized spacial score (nSPS) is 12.9. The van der Waals surface area contributed by atoms with Crippen molar-refractivity contribution in [3.05, 3.63) is 23.9 Å². The van der Waals surface area contributed by atoms with Gasteiger partial charge in [0.25, 0.3) is 0 Å². The van der Waals surface area contributed by atoms with Gasteiger partial charge < -0.3 is 5.73 Å². The zero-order chi connectivity index (χ0) is 8.97. The molecule has 66 valence electrons. The highest BCUT2D eigenvalue weighted by Gasteiger charge is 2.07. The average molecular weight is 182 g/mol. The molecule has 1 heterocycles. The van der Waals surface area contributed by atoms with E-state index in [0.717, 1.165) is 5.03 Å². The van der Waals surface area contributed by atoms with E-state index in [2.05, 4.69) is 18.0 Å². The first-order valence-corrected chi connectivity index (χ1v) is 5.21. The minimum absolute atomic E-state index is 0.404. The molecule has 0 fully saturated rings. The lowest BCUT2D eigenvalue weighted by Crippen LogP contribution is -2.10. The van der Waals surface area contributed by atoms with Gasteiger partial charge in [-0.1, -0.05) is 13.0 Å². The SMILES string of the molecule is CSc1ncccc1C(C)CN. The lowest BCUT2D eigenvalue weighted by atomic mass is 10.0. The number of thioether (sulfide) groups is 1. The third-order valence-corrected chi connectivity index (χ3v) is 2.61. The first kappa shape index (κ1) is 9.55. The van der Waals surface area contributed by atoms with E-state index in [9.17, 15) is 0 Å². The Morgan fingerprint density at radius 2 is 2.42 bits per heavy atom. The van der Waals surface area contributed by atoms with E-state index in [1.165, 1.54) is 5.56 Å². The molecule has 0 saturated carbocycles.